The van der Waals surface area contributed by atoms with Crippen LogP contribution in [0.25, 0.3) is 16.9 Å². The largest absolute Gasteiger partial charge is 0.387 e. The van der Waals surface area contributed by atoms with Crippen molar-refractivity contribution in [2.75, 3.05) is 11.9 Å². The van der Waals surface area contributed by atoms with Crippen molar-refractivity contribution in [1.82, 2.24) is 19.9 Å². The van der Waals surface area contributed by atoms with E-state index in [9.17, 15) is 18.7 Å². The van der Waals surface area contributed by atoms with Crippen molar-refractivity contribution in [3.63, 3.8) is 0 Å². The standard InChI is InChI=1S/C21H25F2N5O2/c1-12(2)26-19-14(20(29)25-11-17(23)21(3,4)30)10-24-18-9-16(27-28(18)19)13-7-5-6-8-15(13)22/h5-10,12,17,26,30H,11H2,1-4H3,(H,25,29). The lowest BCUT2D eigenvalue weighted by atomic mass is 10.0. The number of aliphatic hydroxyl groups is 1. The quantitative estimate of drug-likeness (QED) is 0.549. The number of anilines is 1. The van der Waals surface area contributed by atoms with Crippen LogP contribution in [-0.4, -0.2) is 50.0 Å². The van der Waals surface area contributed by atoms with Crippen LogP contribution in [0.1, 0.15) is 38.1 Å². The van der Waals surface area contributed by atoms with Crippen LogP contribution in [0.5, 0.6) is 0 Å². The molecule has 0 bridgehead atoms. The van der Waals surface area contributed by atoms with Crippen LogP contribution >= 0.6 is 0 Å². The average molecular weight is 417 g/mol. The molecule has 2 aromatic heterocycles. The second kappa shape index (κ2) is 8.35. The summed E-state index contributed by atoms with van der Waals surface area (Å²) in [5.74, 6) is -0.631. The van der Waals surface area contributed by atoms with E-state index in [0.29, 0.717) is 22.7 Å². The molecule has 0 spiro atoms. The molecule has 0 aliphatic rings. The first-order chi connectivity index (χ1) is 14.1. The second-order valence-electron chi connectivity index (χ2n) is 7.93. The smallest absolute Gasteiger partial charge is 0.256 e. The van der Waals surface area contributed by atoms with E-state index in [4.69, 9.17) is 0 Å². The van der Waals surface area contributed by atoms with Gasteiger partial charge in [-0.25, -0.2) is 13.8 Å². The molecule has 30 heavy (non-hydrogen) atoms. The molecule has 160 valence electrons. The van der Waals surface area contributed by atoms with Crippen LogP contribution in [0, 0.1) is 5.82 Å². The number of nitrogens with zero attached hydrogens (tertiary/aromatic N) is 3. The Morgan fingerprint density at radius 3 is 2.63 bits per heavy atom. The van der Waals surface area contributed by atoms with Crippen molar-refractivity contribution >= 4 is 17.4 Å². The number of halogens is 2. The topological polar surface area (TPSA) is 91.5 Å². The van der Waals surface area contributed by atoms with Crippen molar-refractivity contribution in [3.05, 3.63) is 47.9 Å². The maximum absolute atomic E-state index is 14.2. The first kappa shape index (κ1) is 21.6. The number of carbonyl (C=O) groups is 1. The number of fused-ring (bicyclic) bond motifs is 1. The van der Waals surface area contributed by atoms with E-state index in [-0.39, 0.29) is 18.2 Å². The molecule has 3 N–H and O–H groups in total. The maximum atomic E-state index is 14.2. The third-order valence-electron chi connectivity index (χ3n) is 4.51. The molecular formula is C21H25F2N5O2. The highest BCUT2D eigenvalue weighted by Crippen LogP contribution is 2.25. The third-order valence-corrected chi connectivity index (χ3v) is 4.51. The lowest BCUT2D eigenvalue weighted by Gasteiger charge is -2.22. The van der Waals surface area contributed by atoms with Crippen molar-refractivity contribution in [2.45, 2.75) is 45.5 Å². The average Bonchev–Trinajstić information content (AvgIpc) is 3.09. The Labute approximate surface area is 173 Å². The van der Waals surface area contributed by atoms with E-state index in [1.54, 1.807) is 24.3 Å². The fraction of sp³-hybridized carbons (Fsp3) is 0.381. The Morgan fingerprint density at radius 2 is 2.00 bits per heavy atom. The zero-order chi connectivity index (χ0) is 22.1. The molecule has 0 aliphatic carbocycles. The highest BCUT2D eigenvalue weighted by Gasteiger charge is 2.27. The molecule has 0 aliphatic heterocycles. The number of aromatic nitrogens is 3. The molecule has 3 rings (SSSR count). The summed E-state index contributed by atoms with van der Waals surface area (Å²) in [6.07, 6.45) is -0.281. The van der Waals surface area contributed by atoms with Crippen LogP contribution in [-0.2, 0) is 0 Å². The number of rotatable bonds is 7. The molecule has 1 amide bonds. The fourth-order valence-corrected chi connectivity index (χ4v) is 2.84. The van der Waals surface area contributed by atoms with Crippen molar-refractivity contribution in [2.24, 2.45) is 0 Å². The molecular weight excluding hydrogens is 392 g/mol. The first-order valence-corrected chi connectivity index (χ1v) is 9.62. The lowest BCUT2D eigenvalue weighted by molar-refractivity contribution is -0.00177. The Kier molecular flexibility index (Phi) is 6.02. The summed E-state index contributed by atoms with van der Waals surface area (Å²) in [7, 11) is 0. The van der Waals surface area contributed by atoms with Crippen LogP contribution in [0.15, 0.2) is 36.5 Å². The van der Waals surface area contributed by atoms with Gasteiger partial charge < -0.3 is 15.7 Å². The van der Waals surface area contributed by atoms with Gasteiger partial charge in [-0.3, -0.25) is 4.79 Å². The summed E-state index contributed by atoms with van der Waals surface area (Å²) in [6.45, 7) is 6.08. The molecule has 0 saturated heterocycles. The molecule has 1 aromatic carbocycles. The van der Waals surface area contributed by atoms with E-state index in [2.05, 4.69) is 20.7 Å². The lowest BCUT2D eigenvalue weighted by Crippen LogP contribution is -2.42. The molecule has 0 radical (unpaired) electrons. The van der Waals surface area contributed by atoms with Crippen LogP contribution in [0.4, 0.5) is 14.6 Å². The first-order valence-electron chi connectivity index (χ1n) is 9.62. The van der Waals surface area contributed by atoms with Gasteiger partial charge in [-0.05, 0) is 39.8 Å². The van der Waals surface area contributed by atoms with Gasteiger partial charge in [-0.2, -0.15) is 9.61 Å². The van der Waals surface area contributed by atoms with E-state index in [1.807, 2.05) is 13.8 Å². The van der Waals surface area contributed by atoms with E-state index < -0.39 is 23.5 Å². The summed E-state index contributed by atoms with van der Waals surface area (Å²) < 4.78 is 29.6. The SMILES string of the molecule is CC(C)Nc1c(C(=O)NCC(F)C(C)(C)O)cnc2cc(-c3ccccc3F)nn12. The second-order valence-corrected chi connectivity index (χ2v) is 7.93. The van der Waals surface area contributed by atoms with Gasteiger partial charge in [0.1, 0.15) is 23.4 Å². The van der Waals surface area contributed by atoms with Crippen LogP contribution in [0.2, 0.25) is 0 Å². The monoisotopic (exact) mass is 417 g/mol. The van der Waals surface area contributed by atoms with Gasteiger partial charge in [-0.1, -0.05) is 12.1 Å². The van der Waals surface area contributed by atoms with Crippen molar-refractivity contribution in [1.29, 1.82) is 0 Å². The van der Waals surface area contributed by atoms with Gasteiger partial charge in [0.25, 0.3) is 5.91 Å². The zero-order valence-corrected chi connectivity index (χ0v) is 17.3. The van der Waals surface area contributed by atoms with Gasteiger partial charge in [0, 0.05) is 23.9 Å². The van der Waals surface area contributed by atoms with Gasteiger partial charge >= 0.3 is 0 Å². The van der Waals surface area contributed by atoms with Gasteiger partial charge in [-0.15, -0.1) is 0 Å². The molecule has 1 unspecified atom stereocenters. The summed E-state index contributed by atoms with van der Waals surface area (Å²) in [5, 5.41) is 19.8. The summed E-state index contributed by atoms with van der Waals surface area (Å²) >= 11 is 0. The molecule has 2 heterocycles. The van der Waals surface area contributed by atoms with Gasteiger partial charge in [0.15, 0.2) is 5.65 Å². The molecule has 7 nitrogen and oxygen atoms in total. The molecule has 1 atom stereocenters. The van der Waals surface area contributed by atoms with Crippen molar-refractivity contribution < 1.29 is 18.7 Å². The summed E-state index contributed by atoms with van der Waals surface area (Å²) in [6, 6.07) is 7.82. The minimum absolute atomic E-state index is 0.0476. The number of hydrogen-bond acceptors (Lipinski definition) is 5. The maximum Gasteiger partial charge on any atom is 0.256 e. The Hall–Kier alpha value is -3.07. The fourth-order valence-electron chi connectivity index (χ4n) is 2.84. The highest BCUT2D eigenvalue weighted by atomic mass is 19.1. The van der Waals surface area contributed by atoms with E-state index >= 15 is 0 Å². The minimum atomic E-state index is -1.64. The summed E-state index contributed by atoms with van der Waals surface area (Å²) in [5.41, 5.74) is -0.314. The van der Waals surface area contributed by atoms with E-state index in [0.717, 1.165) is 0 Å². The summed E-state index contributed by atoms with van der Waals surface area (Å²) in [4.78, 5) is 17.0. The minimum Gasteiger partial charge on any atom is -0.387 e. The number of hydrogen-bond donors (Lipinski definition) is 3. The molecule has 3 aromatic rings. The van der Waals surface area contributed by atoms with Gasteiger partial charge in [0.2, 0.25) is 0 Å². The highest BCUT2D eigenvalue weighted by molar-refractivity contribution is 5.99. The molecule has 9 heteroatoms. The number of amides is 1. The molecule has 0 saturated carbocycles. The van der Waals surface area contributed by atoms with Crippen LogP contribution in [0.3, 0.4) is 0 Å². The van der Waals surface area contributed by atoms with Crippen molar-refractivity contribution in [3.8, 4) is 11.3 Å². The Morgan fingerprint density at radius 1 is 1.30 bits per heavy atom. The number of nitrogens with one attached hydrogen (secondary N) is 2. The number of alkyl halides is 1. The third kappa shape index (κ3) is 4.56. The molecule has 0 fully saturated rings. The normalized spacial score (nSPS) is 12.9. The predicted octanol–water partition coefficient (Wildman–Crippen LogP) is 3.19. The van der Waals surface area contributed by atoms with E-state index in [1.165, 1.54) is 30.6 Å². The van der Waals surface area contributed by atoms with Crippen LogP contribution < -0.4 is 10.6 Å². The Bertz CT molecular complexity index is 1060. The number of benzene rings is 1. The Balaban J connectivity index is 2.00. The predicted molar refractivity (Wildman–Crippen MR) is 111 cm³/mol. The van der Waals surface area contributed by atoms with Gasteiger partial charge in [0.05, 0.1) is 17.8 Å². The number of carbonyl (C=O) groups excluding carboxylic acids is 1. The zero-order valence-electron chi connectivity index (χ0n) is 17.3.